The van der Waals surface area contributed by atoms with Gasteiger partial charge in [-0.1, -0.05) is 26.3 Å². The molecule has 1 heterocycles. The molecule has 180 valence electrons. The van der Waals surface area contributed by atoms with Crippen LogP contribution in [-0.2, 0) is 19.1 Å². The first kappa shape index (κ1) is 24.9. The van der Waals surface area contributed by atoms with Crippen molar-refractivity contribution in [3.63, 3.8) is 0 Å². The predicted octanol–water partition coefficient (Wildman–Crippen LogP) is 2.68. The number of esters is 2. The van der Waals surface area contributed by atoms with Crippen molar-refractivity contribution in [2.24, 2.45) is 22.7 Å². The van der Waals surface area contributed by atoms with Crippen molar-refractivity contribution >= 4 is 11.9 Å². The molecule has 7 heteroatoms. The van der Waals surface area contributed by atoms with Crippen molar-refractivity contribution in [2.75, 3.05) is 19.8 Å². The molecule has 0 unspecified atom stereocenters. The summed E-state index contributed by atoms with van der Waals surface area (Å²) in [6.45, 7) is 7.33. The van der Waals surface area contributed by atoms with E-state index in [2.05, 4.69) is 13.8 Å². The van der Waals surface area contributed by atoms with Gasteiger partial charge in [0.1, 0.15) is 18.8 Å². The Morgan fingerprint density at radius 3 is 2.72 bits per heavy atom. The quantitative estimate of drug-likeness (QED) is 0.404. The molecule has 0 bridgehead atoms. The summed E-state index contributed by atoms with van der Waals surface area (Å²) in [4.78, 5) is 23.7. The maximum atomic E-state index is 12.3. The zero-order valence-corrected chi connectivity index (χ0v) is 19.7. The highest BCUT2D eigenvalue weighted by Gasteiger charge is 2.67. The van der Waals surface area contributed by atoms with Crippen LogP contribution < -0.4 is 0 Å². The highest BCUT2D eigenvalue weighted by molar-refractivity contribution is 5.87. The van der Waals surface area contributed by atoms with E-state index in [1.165, 1.54) is 0 Å². The number of aliphatic hydroxyl groups excluding tert-OH is 2. The summed E-state index contributed by atoms with van der Waals surface area (Å²) in [6.07, 6.45) is 5.98. The number of hydrogen-bond acceptors (Lipinski definition) is 7. The third kappa shape index (κ3) is 4.03. The van der Waals surface area contributed by atoms with Crippen LogP contribution in [0.2, 0.25) is 0 Å². The highest BCUT2D eigenvalue weighted by atomic mass is 16.5. The summed E-state index contributed by atoms with van der Waals surface area (Å²) in [6, 6.07) is 0. The smallest absolute Gasteiger partial charge is 0.333 e. The van der Waals surface area contributed by atoms with E-state index in [0.29, 0.717) is 37.9 Å². The molecule has 0 amide bonds. The van der Waals surface area contributed by atoms with Gasteiger partial charge in [-0.2, -0.15) is 0 Å². The van der Waals surface area contributed by atoms with E-state index in [9.17, 15) is 24.9 Å². The van der Waals surface area contributed by atoms with Crippen molar-refractivity contribution in [3.05, 3.63) is 23.3 Å². The highest BCUT2D eigenvalue weighted by Crippen LogP contribution is 2.64. The average molecular weight is 451 g/mol. The number of hydrogen-bond donors (Lipinski definition) is 3. The molecule has 0 saturated heterocycles. The molecule has 0 spiro atoms. The lowest BCUT2D eigenvalue weighted by molar-refractivity contribution is -0.278. The lowest BCUT2D eigenvalue weighted by Gasteiger charge is -2.65. The summed E-state index contributed by atoms with van der Waals surface area (Å²) in [5.74, 6) is -0.837. The van der Waals surface area contributed by atoms with E-state index < -0.39 is 23.1 Å². The van der Waals surface area contributed by atoms with Crippen LogP contribution in [0.4, 0.5) is 0 Å². The van der Waals surface area contributed by atoms with Gasteiger partial charge in [-0.3, -0.25) is 0 Å². The van der Waals surface area contributed by atoms with Crippen molar-refractivity contribution in [1.82, 2.24) is 0 Å². The summed E-state index contributed by atoms with van der Waals surface area (Å²) in [7, 11) is 0. The maximum Gasteiger partial charge on any atom is 0.333 e. The molecule has 1 aliphatic heterocycles. The first-order valence-corrected chi connectivity index (χ1v) is 11.7. The van der Waals surface area contributed by atoms with Crippen LogP contribution in [0.25, 0.3) is 0 Å². The van der Waals surface area contributed by atoms with E-state index in [1.807, 2.05) is 0 Å². The van der Waals surface area contributed by atoms with Gasteiger partial charge in [0.05, 0.1) is 18.1 Å². The van der Waals surface area contributed by atoms with Crippen molar-refractivity contribution in [3.8, 4) is 0 Å². The van der Waals surface area contributed by atoms with Crippen LogP contribution in [0.15, 0.2) is 23.3 Å². The first-order chi connectivity index (χ1) is 15.0. The minimum absolute atomic E-state index is 0.149. The minimum atomic E-state index is -1.53. The van der Waals surface area contributed by atoms with E-state index in [1.54, 1.807) is 26.0 Å². The molecule has 6 atom stereocenters. The van der Waals surface area contributed by atoms with Crippen LogP contribution in [0, 0.1) is 22.7 Å². The second-order valence-electron chi connectivity index (χ2n) is 10.3. The lowest BCUT2D eigenvalue weighted by atomic mass is 9.42. The van der Waals surface area contributed by atoms with Gasteiger partial charge in [-0.25, -0.2) is 9.59 Å². The molecule has 0 aromatic rings. The Bertz CT molecular complexity index is 802. The van der Waals surface area contributed by atoms with E-state index in [0.717, 1.165) is 18.4 Å². The molecule has 7 nitrogen and oxygen atoms in total. The van der Waals surface area contributed by atoms with Gasteiger partial charge in [-0.05, 0) is 68.8 Å². The van der Waals surface area contributed by atoms with Crippen LogP contribution in [0.3, 0.4) is 0 Å². The second-order valence-corrected chi connectivity index (χ2v) is 10.3. The molecule has 2 aliphatic carbocycles. The second kappa shape index (κ2) is 9.27. The molecule has 3 rings (SSSR count). The molecular weight excluding hydrogens is 412 g/mol. The Morgan fingerprint density at radius 1 is 1.41 bits per heavy atom. The van der Waals surface area contributed by atoms with Crippen molar-refractivity contribution in [2.45, 2.75) is 77.9 Å². The summed E-state index contributed by atoms with van der Waals surface area (Å²) in [5.41, 5.74) is -1.60. The van der Waals surface area contributed by atoms with Crippen molar-refractivity contribution in [1.29, 1.82) is 0 Å². The SMILES string of the molecule is C/C=C(\C)C(=O)OC[C@@]1(O)CCC[C@@H]2[C@@](C)(CCC3=CC(=O)OC3)[C@H](C)C[C@H](O)[C@]21CO. The molecular formula is C25H38O7. The topological polar surface area (TPSA) is 113 Å². The Kier molecular flexibility index (Phi) is 7.23. The van der Waals surface area contributed by atoms with Crippen LogP contribution in [0.5, 0.6) is 0 Å². The third-order valence-electron chi connectivity index (χ3n) is 8.83. The van der Waals surface area contributed by atoms with E-state index in [-0.39, 0.29) is 36.4 Å². The number of allylic oxidation sites excluding steroid dienone is 1. The lowest BCUT2D eigenvalue weighted by Crippen LogP contribution is -2.71. The summed E-state index contributed by atoms with van der Waals surface area (Å²) < 4.78 is 10.5. The van der Waals surface area contributed by atoms with Gasteiger partial charge < -0.3 is 24.8 Å². The Balaban J connectivity index is 1.91. The number of cyclic esters (lactones) is 1. The molecule has 3 N–H and O–H groups in total. The van der Waals surface area contributed by atoms with Gasteiger partial charge in [0, 0.05) is 11.6 Å². The Hall–Kier alpha value is -1.70. The molecule has 0 radical (unpaired) electrons. The van der Waals surface area contributed by atoms with Gasteiger partial charge in [0.15, 0.2) is 0 Å². The predicted molar refractivity (Wildman–Crippen MR) is 118 cm³/mol. The van der Waals surface area contributed by atoms with Crippen LogP contribution in [0.1, 0.15) is 66.2 Å². The summed E-state index contributed by atoms with van der Waals surface area (Å²) >= 11 is 0. The monoisotopic (exact) mass is 450 g/mol. The molecule has 0 aromatic carbocycles. The summed E-state index contributed by atoms with van der Waals surface area (Å²) in [5, 5.41) is 33.8. The Morgan fingerprint density at radius 2 is 2.12 bits per heavy atom. The molecule has 2 fully saturated rings. The number of aliphatic hydroxyl groups is 3. The zero-order valence-electron chi connectivity index (χ0n) is 19.7. The number of carbonyl (C=O) groups excluding carboxylic acids is 2. The molecule has 3 aliphatic rings. The zero-order chi connectivity index (χ0) is 23.7. The van der Waals surface area contributed by atoms with E-state index >= 15 is 0 Å². The molecule has 2 saturated carbocycles. The van der Waals surface area contributed by atoms with Gasteiger partial charge >= 0.3 is 11.9 Å². The number of carbonyl (C=O) groups is 2. The number of rotatable bonds is 7. The number of ether oxygens (including phenoxy) is 2. The molecule has 0 aromatic heterocycles. The molecule has 32 heavy (non-hydrogen) atoms. The van der Waals surface area contributed by atoms with E-state index in [4.69, 9.17) is 9.47 Å². The fraction of sp³-hybridized carbons (Fsp3) is 0.760. The fourth-order valence-electron chi connectivity index (χ4n) is 6.43. The third-order valence-corrected chi connectivity index (χ3v) is 8.83. The minimum Gasteiger partial charge on any atom is -0.459 e. The van der Waals surface area contributed by atoms with Crippen LogP contribution >= 0.6 is 0 Å². The van der Waals surface area contributed by atoms with Gasteiger partial charge in [0.25, 0.3) is 0 Å². The standard InChI is InChI=1S/C25H38O7/c1-5-16(2)22(29)32-15-24(30)9-6-7-19-23(4,10-8-18-12-21(28)31-13-18)17(3)11-20(27)25(19,24)14-26/h5,12,17,19-20,26-27,30H,6-11,13-15H2,1-4H3/b16-5+/t17-,19-,20+,23+,24+,25+/m1/s1. The Labute approximate surface area is 190 Å². The largest absolute Gasteiger partial charge is 0.459 e. The van der Waals surface area contributed by atoms with Crippen LogP contribution in [-0.4, -0.2) is 58.8 Å². The maximum absolute atomic E-state index is 12.3. The average Bonchev–Trinajstić information content (AvgIpc) is 3.19. The number of fused-ring (bicyclic) bond motifs is 1. The first-order valence-electron chi connectivity index (χ1n) is 11.7. The van der Waals surface area contributed by atoms with Gasteiger partial charge in [-0.15, -0.1) is 0 Å². The van der Waals surface area contributed by atoms with Crippen molar-refractivity contribution < 1.29 is 34.4 Å². The fourth-order valence-corrected chi connectivity index (χ4v) is 6.43. The normalized spacial score (nSPS) is 39.8. The van der Waals surface area contributed by atoms with Gasteiger partial charge in [0.2, 0.25) is 0 Å².